The summed E-state index contributed by atoms with van der Waals surface area (Å²) in [4.78, 5) is 8.34. The zero-order valence-corrected chi connectivity index (χ0v) is 11.8. The average Bonchev–Trinajstić information content (AvgIpc) is 2.28. The Morgan fingerprint density at radius 3 is 2.83 bits per heavy atom. The van der Waals surface area contributed by atoms with Gasteiger partial charge in [0.1, 0.15) is 17.6 Å². The smallest absolute Gasteiger partial charge is 0.158 e. The van der Waals surface area contributed by atoms with Crippen LogP contribution in [0.2, 0.25) is 5.15 Å². The summed E-state index contributed by atoms with van der Waals surface area (Å²) in [6, 6.07) is 1.70. The summed E-state index contributed by atoms with van der Waals surface area (Å²) in [6.45, 7) is 5.91. The maximum Gasteiger partial charge on any atom is 0.158 e. The third kappa shape index (κ3) is 6.14. The summed E-state index contributed by atoms with van der Waals surface area (Å²) in [5, 5.41) is 3.60. The van der Waals surface area contributed by atoms with Crippen LogP contribution >= 0.6 is 11.6 Å². The number of ether oxygens (including phenoxy) is 2. The van der Waals surface area contributed by atoms with Gasteiger partial charge in [-0.05, 0) is 20.3 Å². The third-order valence-electron chi connectivity index (χ3n) is 2.09. The lowest BCUT2D eigenvalue weighted by Crippen LogP contribution is -2.11. The first kappa shape index (κ1) is 15.1. The van der Waals surface area contributed by atoms with E-state index in [1.807, 2.05) is 13.8 Å². The standard InChI is InChI=1S/C12H20ClN3O2/c1-9(2)18-6-4-5-14-11-7-10(13)15-12(16-11)8-17-3/h7,9H,4-6,8H2,1-3H3,(H,14,15,16). The summed E-state index contributed by atoms with van der Waals surface area (Å²) >= 11 is 5.90. The number of halogens is 1. The third-order valence-corrected chi connectivity index (χ3v) is 2.29. The van der Waals surface area contributed by atoms with Crippen molar-refractivity contribution in [3.63, 3.8) is 0 Å². The Balaban J connectivity index is 2.37. The molecular weight excluding hydrogens is 254 g/mol. The van der Waals surface area contributed by atoms with Crippen LogP contribution in [0.4, 0.5) is 5.82 Å². The molecule has 0 amide bonds. The van der Waals surface area contributed by atoms with Gasteiger partial charge in [-0.2, -0.15) is 0 Å². The topological polar surface area (TPSA) is 56.3 Å². The summed E-state index contributed by atoms with van der Waals surface area (Å²) in [5.41, 5.74) is 0. The Labute approximate surface area is 113 Å². The minimum absolute atomic E-state index is 0.270. The lowest BCUT2D eigenvalue weighted by atomic mass is 10.4. The Hall–Kier alpha value is -0.910. The predicted octanol–water partition coefficient (Wildman–Crippen LogP) is 2.50. The van der Waals surface area contributed by atoms with Crippen LogP contribution in [0.5, 0.6) is 0 Å². The highest BCUT2D eigenvalue weighted by atomic mass is 35.5. The van der Waals surface area contributed by atoms with Crippen molar-refractivity contribution in [2.24, 2.45) is 0 Å². The number of methoxy groups -OCH3 is 1. The molecule has 1 aromatic rings. The Morgan fingerprint density at radius 1 is 1.39 bits per heavy atom. The van der Waals surface area contributed by atoms with Gasteiger partial charge >= 0.3 is 0 Å². The highest BCUT2D eigenvalue weighted by molar-refractivity contribution is 6.29. The number of hydrogen-bond donors (Lipinski definition) is 1. The molecule has 0 saturated carbocycles. The van der Waals surface area contributed by atoms with Crippen LogP contribution in [0, 0.1) is 0 Å². The van der Waals surface area contributed by atoms with Crippen molar-refractivity contribution < 1.29 is 9.47 Å². The minimum Gasteiger partial charge on any atom is -0.379 e. The van der Waals surface area contributed by atoms with Crippen molar-refractivity contribution in [1.29, 1.82) is 0 Å². The van der Waals surface area contributed by atoms with Gasteiger partial charge < -0.3 is 14.8 Å². The van der Waals surface area contributed by atoms with Crippen molar-refractivity contribution >= 4 is 17.4 Å². The fraction of sp³-hybridized carbons (Fsp3) is 0.667. The van der Waals surface area contributed by atoms with Crippen LogP contribution in [0.3, 0.4) is 0 Å². The summed E-state index contributed by atoms with van der Waals surface area (Å²) < 4.78 is 10.4. The van der Waals surface area contributed by atoms with Crippen molar-refractivity contribution in [3.8, 4) is 0 Å². The van der Waals surface area contributed by atoms with E-state index in [0.29, 0.717) is 23.4 Å². The minimum atomic E-state index is 0.270. The van der Waals surface area contributed by atoms with Gasteiger partial charge in [-0.15, -0.1) is 0 Å². The van der Waals surface area contributed by atoms with Crippen LogP contribution in [0.1, 0.15) is 26.1 Å². The first-order valence-electron chi connectivity index (χ1n) is 5.99. The molecule has 5 nitrogen and oxygen atoms in total. The van der Waals surface area contributed by atoms with Crippen LogP contribution < -0.4 is 5.32 Å². The summed E-state index contributed by atoms with van der Waals surface area (Å²) in [7, 11) is 1.60. The lowest BCUT2D eigenvalue weighted by Gasteiger charge is -2.09. The Morgan fingerprint density at radius 2 is 2.17 bits per heavy atom. The van der Waals surface area contributed by atoms with Gasteiger partial charge in [0.2, 0.25) is 0 Å². The largest absolute Gasteiger partial charge is 0.379 e. The average molecular weight is 274 g/mol. The van der Waals surface area contributed by atoms with E-state index >= 15 is 0 Å². The van der Waals surface area contributed by atoms with E-state index in [1.165, 1.54) is 0 Å². The fourth-order valence-electron chi connectivity index (χ4n) is 1.36. The van der Waals surface area contributed by atoms with Crippen molar-refractivity contribution in [2.45, 2.75) is 33.0 Å². The van der Waals surface area contributed by atoms with Crippen LogP contribution in [-0.2, 0) is 16.1 Å². The second kappa shape index (κ2) is 8.24. The van der Waals surface area contributed by atoms with E-state index in [4.69, 9.17) is 21.1 Å². The zero-order valence-electron chi connectivity index (χ0n) is 11.1. The maximum absolute atomic E-state index is 5.90. The van der Waals surface area contributed by atoms with Gasteiger partial charge in [-0.25, -0.2) is 9.97 Å². The quantitative estimate of drug-likeness (QED) is 0.583. The van der Waals surface area contributed by atoms with E-state index in [2.05, 4.69) is 15.3 Å². The molecule has 1 N–H and O–H groups in total. The van der Waals surface area contributed by atoms with Crippen molar-refractivity contribution in [2.75, 3.05) is 25.6 Å². The molecule has 0 aliphatic heterocycles. The molecular formula is C12H20ClN3O2. The van der Waals surface area contributed by atoms with Crippen molar-refractivity contribution in [3.05, 3.63) is 17.0 Å². The number of nitrogens with zero attached hydrogens (tertiary/aromatic N) is 2. The Kier molecular flexibility index (Phi) is 6.93. The molecule has 6 heteroatoms. The van der Waals surface area contributed by atoms with Crippen molar-refractivity contribution in [1.82, 2.24) is 9.97 Å². The van der Waals surface area contributed by atoms with Gasteiger partial charge in [0.25, 0.3) is 0 Å². The van der Waals surface area contributed by atoms with E-state index < -0.39 is 0 Å². The molecule has 102 valence electrons. The first-order valence-corrected chi connectivity index (χ1v) is 6.37. The maximum atomic E-state index is 5.90. The second-order valence-corrected chi connectivity index (χ2v) is 4.51. The van der Waals surface area contributed by atoms with Gasteiger partial charge in [0.05, 0.1) is 6.10 Å². The fourth-order valence-corrected chi connectivity index (χ4v) is 1.56. The number of rotatable bonds is 8. The molecule has 0 radical (unpaired) electrons. The second-order valence-electron chi connectivity index (χ2n) is 4.13. The summed E-state index contributed by atoms with van der Waals surface area (Å²) in [5.74, 6) is 1.29. The zero-order chi connectivity index (χ0) is 13.4. The molecule has 0 aliphatic rings. The molecule has 0 atom stereocenters. The molecule has 1 rings (SSSR count). The molecule has 0 spiro atoms. The molecule has 18 heavy (non-hydrogen) atoms. The highest BCUT2D eigenvalue weighted by Crippen LogP contribution is 2.12. The first-order chi connectivity index (χ1) is 8.61. The summed E-state index contributed by atoms with van der Waals surface area (Å²) in [6.07, 6.45) is 1.19. The number of nitrogens with one attached hydrogen (secondary N) is 1. The van der Waals surface area contributed by atoms with Gasteiger partial charge in [0, 0.05) is 26.3 Å². The molecule has 1 heterocycles. The van der Waals surface area contributed by atoms with E-state index in [0.717, 1.165) is 19.6 Å². The molecule has 0 aliphatic carbocycles. The highest BCUT2D eigenvalue weighted by Gasteiger charge is 2.02. The van der Waals surface area contributed by atoms with Gasteiger partial charge in [-0.3, -0.25) is 0 Å². The van der Waals surface area contributed by atoms with Gasteiger partial charge in [-0.1, -0.05) is 11.6 Å². The molecule has 0 saturated heterocycles. The van der Waals surface area contributed by atoms with Crippen LogP contribution in [0.15, 0.2) is 6.07 Å². The predicted molar refractivity (Wildman–Crippen MR) is 71.9 cm³/mol. The molecule has 0 fully saturated rings. The van der Waals surface area contributed by atoms with Crippen LogP contribution in [0.25, 0.3) is 0 Å². The monoisotopic (exact) mass is 273 g/mol. The molecule has 1 aromatic heterocycles. The van der Waals surface area contributed by atoms with E-state index in [-0.39, 0.29) is 6.10 Å². The lowest BCUT2D eigenvalue weighted by molar-refractivity contribution is 0.0787. The molecule has 0 aromatic carbocycles. The number of hydrogen-bond acceptors (Lipinski definition) is 5. The van der Waals surface area contributed by atoms with E-state index in [9.17, 15) is 0 Å². The van der Waals surface area contributed by atoms with Crippen LogP contribution in [-0.4, -0.2) is 36.3 Å². The number of aromatic nitrogens is 2. The van der Waals surface area contributed by atoms with Gasteiger partial charge in [0.15, 0.2) is 5.82 Å². The SMILES string of the molecule is COCc1nc(Cl)cc(NCCCOC(C)C)n1. The molecule has 0 unspecified atom stereocenters. The number of anilines is 1. The normalized spacial score (nSPS) is 10.9. The Bertz CT molecular complexity index is 361. The molecule has 0 bridgehead atoms. The van der Waals surface area contributed by atoms with E-state index in [1.54, 1.807) is 13.2 Å².